The highest BCUT2D eigenvalue weighted by Gasteiger charge is 2.40. The van der Waals surface area contributed by atoms with Gasteiger partial charge in [0, 0.05) is 17.7 Å². The van der Waals surface area contributed by atoms with E-state index in [1.165, 1.54) is 12.8 Å². The third kappa shape index (κ3) is 2.88. The maximum Gasteiger partial charge on any atom is 0.130 e. The summed E-state index contributed by atoms with van der Waals surface area (Å²) in [5.74, 6) is -0.504. The van der Waals surface area contributed by atoms with Crippen molar-refractivity contribution in [2.24, 2.45) is 11.3 Å². The molecule has 1 aromatic rings. The lowest BCUT2D eigenvalue weighted by Crippen LogP contribution is -2.34. The van der Waals surface area contributed by atoms with Crippen LogP contribution in [0.5, 0.6) is 0 Å². The third-order valence-electron chi connectivity index (χ3n) is 4.78. The normalized spacial score (nSPS) is 23.0. The quantitative estimate of drug-likeness (QED) is 0.839. The van der Waals surface area contributed by atoms with Gasteiger partial charge in [0.25, 0.3) is 0 Å². The molecule has 0 aromatic heterocycles. The summed E-state index contributed by atoms with van der Waals surface area (Å²) >= 11 is 0. The zero-order chi connectivity index (χ0) is 14.9. The monoisotopic (exact) mass is 281 g/mol. The van der Waals surface area contributed by atoms with Gasteiger partial charge in [-0.2, -0.15) is 0 Å². The number of rotatable bonds is 4. The highest BCUT2D eigenvalue weighted by Crippen LogP contribution is 2.49. The predicted molar refractivity (Wildman–Crippen MR) is 78.6 cm³/mol. The first-order chi connectivity index (χ1) is 9.36. The minimum atomic E-state index is -0.466. The van der Waals surface area contributed by atoms with Crippen molar-refractivity contribution in [3.63, 3.8) is 0 Å². The molecule has 0 saturated heterocycles. The van der Waals surface area contributed by atoms with Crippen molar-refractivity contribution < 1.29 is 8.78 Å². The van der Waals surface area contributed by atoms with Crippen molar-refractivity contribution in [1.82, 2.24) is 5.32 Å². The fourth-order valence-electron chi connectivity index (χ4n) is 3.58. The highest BCUT2D eigenvalue weighted by molar-refractivity contribution is 5.29. The second-order valence-corrected chi connectivity index (χ2v) is 6.65. The Morgan fingerprint density at radius 1 is 1.30 bits per heavy atom. The molecule has 1 fully saturated rings. The summed E-state index contributed by atoms with van der Waals surface area (Å²) in [6, 6.07) is 2.67. The first-order valence-corrected chi connectivity index (χ1v) is 7.55. The number of aryl methyl sites for hydroxylation is 1. The summed E-state index contributed by atoms with van der Waals surface area (Å²) < 4.78 is 27.7. The van der Waals surface area contributed by atoms with E-state index in [0.29, 0.717) is 17.0 Å². The van der Waals surface area contributed by atoms with Crippen molar-refractivity contribution in [2.45, 2.75) is 53.0 Å². The molecular formula is C17H25F2N. The third-order valence-corrected chi connectivity index (χ3v) is 4.78. The summed E-state index contributed by atoms with van der Waals surface area (Å²) in [7, 11) is 0. The van der Waals surface area contributed by atoms with Crippen LogP contribution in [0.25, 0.3) is 0 Å². The standard InChI is InChI=1S/C17H25F2N/c1-5-20-16(13-7-6-8-17(13,3)4)12-9-11(2)14(18)10-15(12)19/h9-10,13,16,20H,5-8H2,1-4H3. The van der Waals surface area contributed by atoms with Gasteiger partial charge in [0.15, 0.2) is 0 Å². The van der Waals surface area contributed by atoms with Gasteiger partial charge in [-0.1, -0.05) is 27.2 Å². The molecule has 0 bridgehead atoms. The van der Waals surface area contributed by atoms with Gasteiger partial charge in [-0.05, 0) is 49.3 Å². The number of hydrogen-bond acceptors (Lipinski definition) is 1. The van der Waals surface area contributed by atoms with Crippen LogP contribution in [0.4, 0.5) is 8.78 Å². The zero-order valence-corrected chi connectivity index (χ0v) is 12.9. The molecule has 2 rings (SSSR count). The van der Waals surface area contributed by atoms with E-state index >= 15 is 0 Å². The Bertz CT molecular complexity index is 482. The molecule has 0 spiro atoms. The van der Waals surface area contributed by atoms with Gasteiger partial charge in [-0.25, -0.2) is 8.78 Å². The lowest BCUT2D eigenvalue weighted by atomic mass is 9.75. The minimum absolute atomic E-state index is 0.0307. The number of halogens is 2. The molecule has 1 aromatic carbocycles. The van der Waals surface area contributed by atoms with Crippen LogP contribution in [0.2, 0.25) is 0 Å². The topological polar surface area (TPSA) is 12.0 Å². The fourth-order valence-corrected chi connectivity index (χ4v) is 3.58. The zero-order valence-electron chi connectivity index (χ0n) is 12.9. The summed E-state index contributed by atoms with van der Waals surface area (Å²) in [5.41, 5.74) is 1.33. The SMILES string of the molecule is CCNC(c1cc(C)c(F)cc1F)C1CCCC1(C)C. The smallest absolute Gasteiger partial charge is 0.130 e. The van der Waals surface area contributed by atoms with Crippen LogP contribution in [-0.4, -0.2) is 6.54 Å². The number of nitrogens with one attached hydrogen (secondary N) is 1. The fraction of sp³-hybridized carbons (Fsp3) is 0.647. The van der Waals surface area contributed by atoms with E-state index in [1.54, 1.807) is 13.0 Å². The van der Waals surface area contributed by atoms with E-state index in [9.17, 15) is 8.78 Å². The number of hydrogen-bond donors (Lipinski definition) is 1. The summed E-state index contributed by atoms with van der Waals surface area (Å²) in [4.78, 5) is 0. The van der Waals surface area contributed by atoms with E-state index in [-0.39, 0.29) is 11.5 Å². The molecule has 1 N–H and O–H groups in total. The van der Waals surface area contributed by atoms with Gasteiger partial charge < -0.3 is 5.32 Å². The van der Waals surface area contributed by atoms with Crippen molar-refractivity contribution in [3.05, 3.63) is 34.9 Å². The van der Waals surface area contributed by atoms with Crippen molar-refractivity contribution in [1.29, 1.82) is 0 Å². The lowest BCUT2D eigenvalue weighted by Gasteiger charge is -2.35. The minimum Gasteiger partial charge on any atom is -0.310 e. The summed E-state index contributed by atoms with van der Waals surface area (Å²) in [5, 5.41) is 3.42. The van der Waals surface area contributed by atoms with E-state index in [0.717, 1.165) is 19.0 Å². The first-order valence-electron chi connectivity index (χ1n) is 7.55. The van der Waals surface area contributed by atoms with Gasteiger partial charge >= 0.3 is 0 Å². The average Bonchev–Trinajstić information content (AvgIpc) is 2.71. The Balaban J connectivity index is 2.41. The molecule has 20 heavy (non-hydrogen) atoms. The van der Waals surface area contributed by atoms with E-state index in [1.807, 2.05) is 6.92 Å². The Kier molecular flexibility index (Phi) is 4.48. The van der Waals surface area contributed by atoms with E-state index in [2.05, 4.69) is 19.2 Å². The maximum absolute atomic E-state index is 14.2. The predicted octanol–water partition coefficient (Wildman–Crippen LogP) is 4.75. The van der Waals surface area contributed by atoms with Gasteiger partial charge in [0.05, 0.1) is 0 Å². The Morgan fingerprint density at radius 3 is 2.55 bits per heavy atom. The maximum atomic E-state index is 14.2. The summed E-state index contributed by atoms with van der Waals surface area (Å²) in [6.07, 6.45) is 3.45. The lowest BCUT2D eigenvalue weighted by molar-refractivity contribution is 0.196. The van der Waals surface area contributed by atoms with E-state index in [4.69, 9.17) is 0 Å². The molecule has 0 radical (unpaired) electrons. The van der Waals surface area contributed by atoms with Crippen LogP contribution < -0.4 is 5.32 Å². The van der Waals surface area contributed by atoms with Crippen LogP contribution in [0.3, 0.4) is 0 Å². The van der Waals surface area contributed by atoms with Crippen LogP contribution in [0, 0.1) is 29.9 Å². The van der Waals surface area contributed by atoms with Crippen molar-refractivity contribution in [2.75, 3.05) is 6.54 Å². The van der Waals surface area contributed by atoms with Crippen LogP contribution in [0.1, 0.15) is 57.2 Å². The Morgan fingerprint density at radius 2 is 2.00 bits per heavy atom. The molecular weight excluding hydrogens is 256 g/mol. The van der Waals surface area contributed by atoms with Gasteiger partial charge in [0.1, 0.15) is 11.6 Å². The second kappa shape index (κ2) is 5.80. The molecule has 0 heterocycles. The molecule has 0 amide bonds. The molecule has 3 heteroatoms. The molecule has 1 aliphatic carbocycles. The number of benzene rings is 1. The highest BCUT2D eigenvalue weighted by atomic mass is 19.1. The largest absolute Gasteiger partial charge is 0.310 e. The van der Waals surface area contributed by atoms with E-state index < -0.39 is 11.6 Å². The Labute approximate surface area is 120 Å². The van der Waals surface area contributed by atoms with Crippen LogP contribution in [-0.2, 0) is 0 Å². The molecule has 1 nitrogen and oxygen atoms in total. The Hall–Kier alpha value is -0.960. The summed E-state index contributed by atoms with van der Waals surface area (Å²) in [6.45, 7) is 9.02. The molecule has 0 aliphatic heterocycles. The van der Waals surface area contributed by atoms with Crippen molar-refractivity contribution in [3.8, 4) is 0 Å². The van der Waals surface area contributed by atoms with Gasteiger partial charge in [-0.3, -0.25) is 0 Å². The molecule has 1 aliphatic rings. The van der Waals surface area contributed by atoms with Gasteiger partial charge in [-0.15, -0.1) is 0 Å². The first kappa shape index (κ1) is 15.4. The second-order valence-electron chi connectivity index (χ2n) is 6.65. The van der Waals surface area contributed by atoms with Crippen LogP contribution >= 0.6 is 0 Å². The van der Waals surface area contributed by atoms with Crippen LogP contribution in [0.15, 0.2) is 12.1 Å². The van der Waals surface area contributed by atoms with Crippen molar-refractivity contribution >= 4 is 0 Å². The molecule has 112 valence electrons. The molecule has 2 atom stereocenters. The van der Waals surface area contributed by atoms with Gasteiger partial charge in [0.2, 0.25) is 0 Å². The molecule has 2 unspecified atom stereocenters. The molecule has 1 saturated carbocycles. The average molecular weight is 281 g/mol.